The van der Waals surface area contributed by atoms with E-state index in [9.17, 15) is 14.7 Å². The Morgan fingerprint density at radius 1 is 1.10 bits per heavy atom. The standard InChI is InChI=1S/C32H44N4O4/c1-4-5-11-30-35-27-17-14-25(33-20-31(37)34-24-9-7-6-8-10-24)19-28(27)36(30)21-23-12-15-26(16-13-23)40-29(32(38)39)18-22(2)3/h12-17,19,22,24,29,33H,4-11,18,20-21H2,1-3H3,(H,34,37)(H,38,39). The number of carbonyl (C=O) groups excluding carboxylic acids is 1. The van der Waals surface area contributed by atoms with Crippen LogP contribution in [-0.4, -0.2) is 45.2 Å². The highest BCUT2D eigenvalue weighted by atomic mass is 16.5. The predicted molar refractivity (Wildman–Crippen MR) is 159 cm³/mol. The van der Waals surface area contributed by atoms with Gasteiger partial charge in [0.25, 0.3) is 0 Å². The van der Waals surface area contributed by atoms with Crippen LogP contribution in [0.25, 0.3) is 11.0 Å². The number of unbranched alkanes of at least 4 members (excludes halogenated alkanes) is 1. The smallest absolute Gasteiger partial charge is 0.344 e. The number of amides is 1. The predicted octanol–water partition coefficient (Wildman–Crippen LogP) is 6.17. The van der Waals surface area contributed by atoms with Crippen LogP contribution in [-0.2, 0) is 22.6 Å². The fraction of sp³-hybridized carbons (Fsp3) is 0.531. The lowest BCUT2D eigenvalue weighted by Crippen LogP contribution is -2.39. The highest BCUT2D eigenvalue weighted by molar-refractivity contribution is 5.84. The summed E-state index contributed by atoms with van der Waals surface area (Å²) in [5.41, 5.74) is 3.92. The van der Waals surface area contributed by atoms with Crippen molar-refractivity contribution in [2.75, 3.05) is 11.9 Å². The van der Waals surface area contributed by atoms with Crippen LogP contribution in [0.15, 0.2) is 42.5 Å². The van der Waals surface area contributed by atoms with E-state index in [4.69, 9.17) is 9.72 Å². The second-order valence-corrected chi connectivity index (χ2v) is 11.4. The Labute approximate surface area is 237 Å². The zero-order valence-electron chi connectivity index (χ0n) is 24.1. The summed E-state index contributed by atoms with van der Waals surface area (Å²) in [5.74, 6) is 0.898. The molecule has 1 aliphatic carbocycles. The summed E-state index contributed by atoms with van der Waals surface area (Å²) >= 11 is 0. The molecule has 2 aromatic carbocycles. The third-order valence-electron chi connectivity index (χ3n) is 7.51. The molecule has 1 fully saturated rings. The van der Waals surface area contributed by atoms with Gasteiger partial charge in [-0.2, -0.15) is 0 Å². The first-order valence-electron chi connectivity index (χ1n) is 14.8. The molecular formula is C32H44N4O4. The van der Waals surface area contributed by atoms with Crippen molar-refractivity contribution < 1.29 is 19.4 Å². The number of aromatic nitrogens is 2. The van der Waals surface area contributed by atoms with Crippen LogP contribution >= 0.6 is 0 Å². The summed E-state index contributed by atoms with van der Waals surface area (Å²) in [6.07, 6.45) is 8.40. The van der Waals surface area contributed by atoms with E-state index in [0.717, 1.165) is 60.2 Å². The normalized spacial score (nSPS) is 14.8. The third kappa shape index (κ3) is 8.23. The lowest BCUT2D eigenvalue weighted by atomic mass is 9.95. The van der Waals surface area contributed by atoms with E-state index in [1.54, 1.807) is 0 Å². The molecule has 0 spiro atoms. The highest BCUT2D eigenvalue weighted by Gasteiger charge is 2.21. The Morgan fingerprint density at radius 3 is 2.52 bits per heavy atom. The average molecular weight is 549 g/mol. The van der Waals surface area contributed by atoms with Crippen molar-refractivity contribution in [3.63, 3.8) is 0 Å². The van der Waals surface area contributed by atoms with Crippen molar-refractivity contribution in [2.24, 2.45) is 5.92 Å². The summed E-state index contributed by atoms with van der Waals surface area (Å²) in [5, 5.41) is 16.0. The van der Waals surface area contributed by atoms with Crippen LogP contribution in [0.2, 0.25) is 0 Å². The number of hydrogen-bond acceptors (Lipinski definition) is 5. The molecule has 0 aliphatic heterocycles. The van der Waals surface area contributed by atoms with Crippen molar-refractivity contribution >= 4 is 28.6 Å². The molecule has 0 bridgehead atoms. The molecule has 1 aromatic heterocycles. The van der Waals surface area contributed by atoms with Crippen LogP contribution < -0.4 is 15.4 Å². The lowest BCUT2D eigenvalue weighted by Gasteiger charge is -2.22. The fourth-order valence-corrected chi connectivity index (χ4v) is 5.34. The minimum atomic E-state index is -0.945. The van der Waals surface area contributed by atoms with Gasteiger partial charge in [0.15, 0.2) is 6.10 Å². The number of aliphatic carboxylic acids is 1. The summed E-state index contributed by atoms with van der Waals surface area (Å²) in [6, 6.07) is 14.0. The molecule has 1 saturated carbocycles. The number of nitrogens with one attached hydrogen (secondary N) is 2. The first-order chi connectivity index (χ1) is 19.3. The van der Waals surface area contributed by atoms with E-state index >= 15 is 0 Å². The second kappa shape index (κ2) is 14.2. The number of hydrogen-bond donors (Lipinski definition) is 3. The molecule has 40 heavy (non-hydrogen) atoms. The number of carbonyl (C=O) groups is 2. The maximum Gasteiger partial charge on any atom is 0.344 e. The Kier molecular flexibility index (Phi) is 10.4. The minimum absolute atomic E-state index is 0.0324. The molecule has 1 amide bonds. The number of nitrogens with zero attached hydrogens (tertiary/aromatic N) is 2. The molecule has 216 valence electrons. The first kappa shape index (κ1) is 29.4. The summed E-state index contributed by atoms with van der Waals surface area (Å²) < 4.78 is 8.02. The Hall–Kier alpha value is -3.55. The molecule has 1 aliphatic rings. The highest BCUT2D eigenvalue weighted by Crippen LogP contribution is 2.25. The van der Waals surface area contributed by atoms with Crippen molar-refractivity contribution in [1.82, 2.24) is 14.9 Å². The van der Waals surface area contributed by atoms with Gasteiger partial charge in [-0.15, -0.1) is 0 Å². The number of rotatable bonds is 14. The molecular weight excluding hydrogens is 504 g/mol. The van der Waals surface area contributed by atoms with E-state index in [-0.39, 0.29) is 18.4 Å². The minimum Gasteiger partial charge on any atom is -0.479 e. The van der Waals surface area contributed by atoms with E-state index < -0.39 is 12.1 Å². The van der Waals surface area contributed by atoms with Crippen LogP contribution in [0.4, 0.5) is 5.69 Å². The van der Waals surface area contributed by atoms with Gasteiger partial charge in [-0.1, -0.05) is 58.6 Å². The monoisotopic (exact) mass is 548 g/mol. The van der Waals surface area contributed by atoms with Gasteiger partial charge in [-0.25, -0.2) is 9.78 Å². The fourth-order valence-electron chi connectivity index (χ4n) is 5.34. The molecule has 3 N–H and O–H groups in total. The number of carboxylic acids is 1. The maximum absolute atomic E-state index is 12.5. The molecule has 8 heteroatoms. The molecule has 1 unspecified atom stereocenters. The molecule has 3 aromatic rings. The van der Waals surface area contributed by atoms with Gasteiger partial charge in [0.2, 0.25) is 5.91 Å². The zero-order chi connectivity index (χ0) is 28.5. The summed E-state index contributed by atoms with van der Waals surface area (Å²) in [7, 11) is 0. The number of ether oxygens (including phenoxy) is 1. The van der Waals surface area contributed by atoms with E-state index in [0.29, 0.717) is 24.8 Å². The van der Waals surface area contributed by atoms with Gasteiger partial charge < -0.3 is 25.0 Å². The van der Waals surface area contributed by atoms with Crippen LogP contribution in [0, 0.1) is 5.92 Å². The molecule has 1 heterocycles. The molecule has 1 atom stereocenters. The number of anilines is 1. The number of imidazole rings is 1. The third-order valence-corrected chi connectivity index (χ3v) is 7.51. The number of aryl methyl sites for hydroxylation is 1. The average Bonchev–Trinajstić information content (AvgIpc) is 3.28. The summed E-state index contributed by atoms with van der Waals surface area (Å²) in [6.45, 7) is 7.03. The van der Waals surface area contributed by atoms with Crippen LogP contribution in [0.1, 0.15) is 83.5 Å². The lowest BCUT2D eigenvalue weighted by molar-refractivity contribution is -0.145. The van der Waals surface area contributed by atoms with Gasteiger partial charge in [0.1, 0.15) is 11.6 Å². The molecule has 4 rings (SSSR count). The topological polar surface area (TPSA) is 105 Å². The first-order valence-corrected chi connectivity index (χ1v) is 14.8. The Morgan fingerprint density at radius 2 is 1.85 bits per heavy atom. The largest absolute Gasteiger partial charge is 0.479 e. The quantitative estimate of drug-likeness (QED) is 0.223. The number of benzene rings is 2. The Balaban J connectivity index is 1.48. The molecule has 0 radical (unpaired) electrons. The van der Waals surface area contributed by atoms with Gasteiger partial charge >= 0.3 is 5.97 Å². The van der Waals surface area contributed by atoms with Gasteiger partial charge in [-0.05, 0) is 67.5 Å². The van der Waals surface area contributed by atoms with E-state index in [1.165, 1.54) is 19.3 Å². The van der Waals surface area contributed by atoms with Gasteiger partial charge in [0, 0.05) is 24.7 Å². The molecule has 8 nitrogen and oxygen atoms in total. The van der Waals surface area contributed by atoms with Gasteiger partial charge in [0.05, 0.1) is 17.6 Å². The molecule has 0 saturated heterocycles. The zero-order valence-corrected chi connectivity index (χ0v) is 24.1. The number of fused-ring (bicyclic) bond motifs is 1. The number of carboxylic acid groups (broad SMARTS) is 1. The van der Waals surface area contributed by atoms with E-state index in [1.807, 2.05) is 50.2 Å². The maximum atomic E-state index is 12.5. The SMILES string of the molecule is CCCCc1nc2ccc(NCC(=O)NC3CCCCC3)cc2n1Cc1ccc(OC(CC(C)C)C(=O)O)cc1. The van der Waals surface area contributed by atoms with E-state index in [2.05, 4.69) is 28.2 Å². The summed E-state index contributed by atoms with van der Waals surface area (Å²) in [4.78, 5) is 29.1. The van der Waals surface area contributed by atoms with Crippen molar-refractivity contribution in [2.45, 2.75) is 97.2 Å². The van der Waals surface area contributed by atoms with Crippen molar-refractivity contribution in [3.05, 3.63) is 53.9 Å². The second-order valence-electron chi connectivity index (χ2n) is 11.4. The van der Waals surface area contributed by atoms with Crippen LogP contribution in [0.3, 0.4) is 0 Å². The van der Waals surface area contributed by atoms with Gasteiger partial charge in [-0.3, -0.25) is 4.79 Å². The van der Waals surface area contributed by atoms with Crippen molar-refractivity contribution in [3.8, 4) is 5.75 Å². The van der Waals surface area contributed by atoms with Crippen molar-refractivity contribution in [1.29, 1.82) is 0 Å². The van der Waals surface area contributed by atoms with Crippen LogP contribution in [0.5, 0.6) is 5.75 Å². The Bertz CT molecular complexity index is 1260.